The summed E-state index contributed by atoms with van der Waals surface area (Å²) in [6, 6.07) is 12.2. The van der Waals surface area contributed by atoms with Crippen molar-refractivity contribution in [1.82, 2.24) is 0 Å². The van der Waals surface area contributed by atoms with Crippen LogP contribution in [-0.4, -0.2) is 33.4 Å². The van der Waals surface area contributed by atoms with Gasteiger partial charge in [0, 0.05) is 12.2 Å². The predicted molar refractivity (Wildman–Crippen MR) is 116 cm³/mol. The third-order valence-corrected chi connectivity index (χ3v) is 6.62. The third-order valence-electron chi connectivity index (χ3n) is 4.65. The van der Waals surface area contributed by atoms with E-state index in [0.29, 0.717) is 42.4 Å². The summed E-state index contributed by atoms with van der Waals surface area (Å²) in [5.41, 5.74) is 2.83. The number of carbonyl (C=O) groups is 1. The molecular formula is C21H27N3O4S. The number of sulfonamides is 1. The highest BCUT2D eigenvalue weighted by Gasteiger charge is 2.26. The zero-order valence-electron chi connectivity index (χ0n) is 16.8. The molecule has 2 aromatic carbocycles. The Bertz CT molecular complexity index is 976. The number of anilines is 3. The molecule has 1 heterocycles. The normalized spacial score (nSPS) is 13.5. The molecule has 0 radical (unpaired) electrons. The number of para-hydroxylation sites is 2. The molecule has 0 aromatic heterocycles. The highest BCUT2D eigenvalue weighted by atomic mass is 32.2. The lowest BCUT2D eigenvalue weighted by molar-refractivity contribution is 0.262. The number of aryl methyl sites for hydroxylation is 1. The van der Waals surface area contributed by atoms with E-state index in [2.05, 4.69) is 10.6 Å². The zero-order chi connectivity index (χ0) is 20.9. The molecule has 0 saturated heterocycles. The summed E-state index contributed by atoms with van der Waals surface area (Å²) in [6.45, 7) is 4.74. The van der Waals surface area contributed by atoms with E-state index in [1.165, 1.54) is 4.31 Å². The van der Waals surface area contributed by atoms with Crippen molar-refractivity contribution < 1.29 is 17.9 Å². The van der Waals surface area contributed by atoms with E-state index in [-0.39, 0.29) is 11.8 Å². The molecule has 0 unspecified atom stereocenters. The van der Waals surface area contributed by atoms with Gasteiger partial charge in [0.1, 0.15) is 5.75 Å². The molecule has 2 N–H and O–H groups in total. The quantitative estimate of drug-likeness (QED) is 0.706. The van der Waals surface area contributed by atoms with Crippen molar-refractivity contribution in [2.24, 2.45) is 0 Å². The van der Waals surface area contributed by atoms with E-state index in [9.17, 15) is 13.2 Å². The molecule has 3 rings (SSSR count). The Morgan fingerprint density at radius 2 is 1.93 bits per heavy atom. The number of rotatable bonds is 7. The molecule has 7 nitrogen and oxygen atoms in total. The van der Waals surface area contributed by atoms with Crippen LogP contribution in [0.1, 0.15) is 32.3 Å². The minimum atomic E-state index is -3.31. The van der Waals surface area contributed by atoms with Gasteiger partial charge in [-0.15, -0.1) is 0 Å². The molecule has 0 bridgehead atoms. The monoisotopic (exact) mass is 417 g/mol. The maximum atomic E-state index is 12.5. The van der Waals surface area contributed by atoms with Gasteiger partial charge >= 0.3 is 6.03 Å². The fourth-order valence-corrected chi connectivity index (χ4v) is 5.05. The smallest absolute Gasteiger partial charge is 0.323 e. The first kappa shape index (κ1) is 21.0. The number of benzene rings is 2. The molecule has 0 fully saturated rings. The number of hydrogen-bond donors (Lipinski definition) is 2. The summed E-state index contributed by atoms with van der Waals surface area (Å²) in [7, 11) is -3.31. The van der Waals surface area contributed by atoms with E-state index in [1.54, 1.807) is 24.3 Å². The molecule has 1 aliphatic rings. The molecule has 156 valence electrons. The number of urea groups is 1. The average molecular weight is 418 g/mol. The number of nitrogens with one attached hydrogen (secondary N) is 2. The summed E-state index contributed by atoms with van der Waals surface area (Å²) in [5.74, 6) is 0.737. The largest absolute Gasteiger partial charge is 0.492 e. The summed E-state index contributed by atoms with van der Waals surface area (Å²) >= 11 is 0. The first-order valence-corrected chi connectivity index (χ1v) is 11.5. The fraction of sp³-hybridized carbons (Fsp3) is 0.381. The lowest BCUT2D eigenvalue weighted by atomic mass is 10.0. The second-order valence-corrected chi connectivity index (χ2v) is 8.86. The van der Waals surface area contributed by atoms with Crippen LogP contribution in [-0.2, 0) is 16.4 Å². The van der Waals surface area contributed by atoms with Crippen LogP contribution in [0.15, 0.2) is 42.5 Å². The van der Waals surface area contributed by atoms with Crippen molar-refractivity contribution in [3.05, 3.63) is 48.0 Å². The maximum absolute atomic E-state index is 12.5. The second kappa shape index (κ2) is 9.17. The van der Waals surface area contributed by atoms with Crippen LogP contribution in [0.4, 0.5) is 21.9 Å². The molecule has 1 aliphatic heterocycles. The van der Waals surface area contributed by atoms with Gasteiger partial charge in [-0.25, -0.2) is 13.2 Å². The zero-order valence-corrected chi connectivity index (χ0v) is 17.6. The molecule has 8 heteroatoms. The van der Waals surface area contributed by atoms with Crippen LogP contribution in [0.5, 0.6) is 5.75 Å². The highest BCUT2D eigenvalue weighted by molar-refractivity contribution is 7.92. The van der Waals surface area contributed by atoms with Crippen molar-refractivity contribution in [2.45, 2.75) is 33.1 Å². The summed E-state index contributed by atoms with van der Waals surface area (Å²) in [4.78, 5) is 12.4. The van der Waals surface area contributed by atoms with E-state index >= 15 is 0 Å². The minimum Gasteiger partial charge on any atom is -0.492 e. The average Bonchev–Trinajstić information content (AvgIpc) is 2.69. The van der Waals surface area contributed by atoms with Crippen LogP contribution in [0.3, 0.4) is 0 Å². The molecule has 2 aromatic rings. The lowest BCUT2D eigenvalue weighted by Crippen LogP contribution is -2.37. The number of carbonyl (C=O) groups excluding carboxylic acids is 1. The molecule has 0 spiro atoms. The standard InChI is InChI=1S/C21H27N3O4S/c1-3-14-29(26,27)24-13-7-8-16-15-17(11-12-19(16)24)22-21(25)23-18-9-5-6-10-20(18)28-4-2/h5-6,9-12,15H,3-4,7-8,13-14H2,1-2H3,(H2,22,23,25). The Morgan fingerprint density at radius 3 is 2.69 bits per heavy atom. The highest BCUT2D eigenvalue weighted by Crippen LogP contribution is 2.32. The summed E-state index contributed by atoms with van der Waals surface area (Å²) in [6.07, 6.45) is 2.11. The Balaban J connectivity index is 1.74. The van der Waals surface area contributed by atoms with Gasteiger partial charge in [0.25, 0.3) is 0 Å². The molecule has 0 aliphatic carbocycles. The van der Waals surface area contributed by atoms with Crippen LogP contribution in [0.2, 0.25) is 0 Å². The molecule has 2 amide bonds. The Hall–Kier alpha value is -2.74. The van der Waals surface area contributed by atoms with Crippen LogP contribution in [0, 0.1) is 0 Å². The van der Waals surface area contributed by atoms with Crippen molar-refractivity contribution in [2.75, 3.05) is 33.8 Å². The summed E-state index contributed by atoms with van der Waals surface area (Å²) in [5, 5.41) is 5.61. The van der Waals surface area contributed by atoms with Gasteiger partial charge in [-0.2, -0.15) is 0 Å². The van der Waals surface area contributed by atoms with Crippen LogP contribution in [0.25, 0.3) is 0 Å². The van der Waals surface area contributed by atoms with Gasteiger partial charge in [0.15, 0.2) is 0 Å². The number of ether oxygens (including phenoxy) is 1. The third kappa shape index (κ3) is 5.00. The lowest BCUT2D eigenvalue weighted by Gasteiger charge is -2.30. The fourth-order valence-electron chi connectivity index (χ4n) is 3.43. The second-order valence-electron chi connectivity index (χ2n) is 6.84. The van der Waals surface area contributed by atoms with Gasteiger partial charge in [-0.3, -0.25) is 4.31 Å². The van der Waals surface area contributed by atoms with Crippen LogP contribution < -0.4 is 19.7 Å². The molecule has 29 heavy (non-hydrogen) atoms. The summed E-state index contributed by atoms with van der Waals surface area (Å²) < 4.78 is 32.1. The van der Waals surface area contributed by atoms with E-state index < -0.39 is 10.0 Å². The van der Waals surface area contributed by atoms with Crippen molar-refractivity contribution in [1.29, 1.82) is 0 Å². The van der Waals surface area contributed by atoms with Gasteiger partial charge < -0.3 is 15.4 Å². The number of hydrogen-bond acceptors (Lipinski definition) is 4. The van der Waals surface area contributed by atoms with Gasteiger partial charge in [-0.1, -0.05) is 19.1 Å². The van der Waals surface area contributed by atoms with E-state index in [4.69, 9.17) is 4.74 Å². The number of fused-ring (bicyclic) bond motifs is 1. The van der Waals surface area contributed by atoms with Crippen molar-refractivity contribution >= 4 is 33.1 Å². The first-order valence-electron chi connectivity index (χ1n) is 9.87. The SMILES string of the molecule is CCCS(=O)(=O)N1CCCc2cc(NC(=O)Nc3ccccc3OCC)ccc21. The number of amides is 2. The first-order chi connectivity index (χ1) is 13.9. The van der Waals surface area contributed by atoms with E-state index in [1.807, 2.05) is 32.0 Å². The van der Waals surface area contributed by atoms with E-state index in [0.717, 1.165) is 18.4 Å². The van der Waals surface area contributed by atoms with Crippen molar-refractivity contribution in [3.8, 4) is 5.75 Å². The number of nitrogens with zero attached hydrogens (tertiary/aromatic N) is 1. The minimum absolute atomic E-state index is 0.133. The molecule has 0 atom stereocenters. The maximum Gasteiger partial charge on any atom is 0.323 e. The Morgan fingerprint density at radius 1 is 1.14 bits per heavy atom. The molecular weight excluding hydrogens is 390 g/mol. The Kier molecular flexibility index (Phi) is 6.64. The van der Waals surface area contributed by atoms with Gasteiger partial charge in [0.2, 0.25) is 10.0 Å². The van der Waals surface area contributed by atoms with Gasteiger partial charge in [0.05, 0.1) is 23.7 Å². The predicted octanol–water partition coefficient (Wildman–Crippen LogP) is 4.22. The topological polar surface area (TPSA) is 87.7 Å². The van der Waals surface area contributed by atoms with Crippen molar-refractivity contribution in [3.63, 3.8) is 0 Å². The molecule has 0 saturated carbocycles. The van der Waals surface area contributed by atoms with Crippen LogP contribution >= 0.6 is 0 Å². The van der Waals surface area contributed by atoms with Gasteiger partial charge in [-0.05, 0) is 62.1 Å². The Labute approximate surface area is 172 Å².